The van der Waals surface area contributed by atoms with E-state index in [0.29, 0.717) is 18.2 Å². The van der Waals surface area contributed by atoms with E-state index in [1.54, 1.807) is 14.2 Å². The number of rotatable bonds is 8. The van der Waals surface area contributed by atoms with Crippen molar-refractivity contribution >= 4 is 17.4 Å². The molecule has 5 heteroatoms. The summed E-state index contributed by atoms with van der Waals surface area (Å²) < 4.78 is 10.6. The molecule has 0 saturated heterocycles. The van der Waals surface area contributed by atoms with E-state index in [4.69, 9.17) is 21.1 Å². The van der Waals surface area contributed by atoms with Gasteiger partial charge in [-0.15, -0.1) is 0 Å². The highest BCUT2D eigenvalue weighted by atomic mass is 35.5. The van der Waals surface area contributed by atoms with Crippen molar-refractivity contribution in [2.75, 3.05) is 19.1 Å². The van der Waals surface area contributed by atoms with E-state index in [1.807, 2.05) is 31.2 Å². The predicted octanol–water partition coefficient (Wildman–Crippen LogP) is 5.83. The Bertz CT molecular complexity index is 891. The normalized spacial score (nSPS) is 10.7. The third-order valence-electron chi connectivity index (χ3n) is 5.08. The highest BCUT2D eigenvalue weighted by Gasteiger charge is 2.14. The first-order valence-electron chi connectivity index (χ1n) is 9.70. The monoisotopic (exact) mass is 410 g/mol. The van der Waals surface area contributed by atoms with Crippen LogP contribution in [0.2, 0.25) is 5.15 Å². The maximum absolute atomic E-state index is 6.46. The lowest BCUT2D eigenvalue weighted by Gasteiger charge is -2.25. The Morgan fingerprint density at radius 1 is 0.862 bits per heavy atom. The molecule has 152 valence electrons. The van der Waals surface area contributed by atoms with Crippen LogP contribution in [0, 0.1) is 6.92 Å². The van der Waals surface area contributed by atoms with Gasteiger partial charge in [-0.25, -0.2) is 4.98 Å². The molecule has 0 bridgehead atoms. The first-order chi connectivity index (χ1) is 14.0. The molecule has 0 aliphatic carbocycles. The topological polar surface area (TPSA) is 34.6 Å². The number of hydrogen-bond donors (Lipinski definition) is 0. The standard InChI is InChI=1S/C24H27ClN2O2/c1-5-20-14-23(26-24(25)17(20)2)27(15-18-6-10-21(28-3)11-7-18)16-19-8-12-22(29-4)13-9-19/h6-14H,5,15-16H2,1-4H3. The van der Waals surface area contributed by atoms with Gasteiger partial charge < -0.3 is 14.4 Å². The van der Waals surface area contributed by atoms with Crippen LogP contribution in [0.3, 0.4) is 0 Å². The van der Waals surface area contributed by atoms with Crippen molar-refractivity contribution in [3.63, 3.8) is 0 Å². The summed E-state index contributed by atoms with van der Waals surface area (Å²) in [5.41, 5.74) is 4.62. The Labute approximate surface area is 178 Å². The van der Waals surface area contributed by atoms with E-state index >= 15 is 0 Å². The lowest BCUT2D eigenvalue weighted by atomic mass is 10.1. The van der Waals surface area contributed by atoms with Gasteiger partial charge in [-0.2, -0.15) is 0 Å². The average Bonchev–Trinajstić information content (AvgIpc) is 2.76. The molecule has 0 radical (unpaired) electrons. The lowest BCUT2D eigenvalue weighted by molar-refractivity contribution is 0.414. The Hall–Kier alpha value is -2.72. The molecule has 0 aliphatic rings. The van der Waals surface area contributed by atoms with Crippen molar-refractivity contribution in [1.29, 1.82) is 0 Å². The summed E-state index contributed by atoms with van der Waals surface area (Å²) in [6.07, 6.45) is 0.917. The van der Waals surface area contributed by atoms with E-state index in [-0.39, 0.29) is 0 Å². The van der Waals surface area contributed by atoms with Gasteiger partial charge in [-0.3, -0.25) is 0 Å². The fourth-order valence-electron chi connectivity index (χ4n) is 3.26. The number of hydrogen-bond acceptors (Lipinski definition) is 4. The number of pyridine rings is 1. The summed E-state index contributed by atoms with van der Waals surface area (Å²) in [5.74, 6) is 2.57. The van der Waals surface area contributed by atoms with Gasteiger partial charge in [0.1, 0.15) is 22.5 Å². The number of benzene rings is 2. The summed E-state index contributed by atoms with van der Waals surface area (Å²) in [4.78, 5) is 6.93. The maximum atomic E-state index is 6.46. The second-order valence-corrected chi connectivity index (χ2v) is 7.32. The smallest absolute Gasteiger partial charge is 0.134 e. The predicted molar refractivity (Wildman–Crippen MR) is 119 cm³/mol. The van der Waals surface area contributed by atoms with Crippen molar-refractivity contribution in [1.82, 2.24) is 4.98 Å². The van der Waals surface area contributed by atoms with Crippen molar-refractivity contribution in [2.45, 2.75) is 33.4 Å². The van der Waals surface area contributed by atoms with Crippen LogP contribution in [-0.4, -0.2) is 19.2 Å². The van der Waals surface area contributed by atoms with Crippen LogP contribution in [0.4, 0.5) is 5.82 Å². The van der Waals surface area contributed by atoms with Crippen LogP contribution in [0.25, 0.3) is 0 Å². The van der Waals surface area contributed by atoms with Gasteiger partial charge in [0, 0.05) is 13.1 Å². The van der Waals surface area contributed by atoms with Gasteiger partial charge in [0.2, 0.25) is 0 Å². The molecule has 0 unspecified atom stereocenters. The number of ether oxygens (including phenoxy) is 2. The molecule has 1 heterocycles. The van der Waals surface area contributed by atoms with Crippen LogP contribution in [-0.2, 0) is 19.5 Å². The summed E-state index contributed by atoms with van der Waals surface area (Å²) >= 11 is 6.46. The number of aromatic nitrogens is 1. The zero-order chi connectivity index (χ0) is 20.8. The first-order valence-corrected chi connectivity index (χ1v) is 10.1. The van der Waals surface area contributed by atoms with E-state index in [2.05, 4.69) is 47.1 Å². The minimum absolute atomic E-state index is 0.564. The highest BCUT2D eigenvalue weighted by molar-refractivity contribution is 6.30. The zero-order valence-electron chi connectivity index (χ0n) is 17.4. The van der Waals surface area contributed by atoms with E-state index in [0.717, 1.165) is 29.3 Å². The largest absolute Gasteiger partial charge is 0.497 e. The van der Waals surface area contributed by atoms with Crippen LogP contribution in [0.1, 0.15) is 29.2 Å². The number of anilines is 1. The number of methoxy groups -OCH3 is 2. The lowest BCUT2D eigenvalue weighted by Crippen LogP contribution is -2.23. The van der Waals surface area contributed by atoms with Gasteiger partial charge in [0.25, 0.3) is 0 Å². The van der Waals surface area contributed by atoms with Crippen molar-refractivity contribution in [2.24, 2.45) is 0 Å². The molecule has 0 saturated carbocycles. The molecular weight excluding hydrogens is 384 g/mol. The van der Waals surface area contributed by atoms with Gasteiger partial charge in [-0.1, -0.05) is 42.8 Å². The van der Waals surface area contributed by atoms with Gasteiger partial charge in [0.15, 0.2) is 0 Å². The summed E-state index contributed by atoms with van der Waals surface area (Å²) in [6, 6.07) is 18.4. The molecule has 0 N–H and O–H groups in total. The van der Waals surface area contributed by atoms with Crippen LogP contribution >= 0.6 is 11.6 Å². The van der Waals surface area contributed by atoms with E-state index in [1.165, 1.54) is 16.7 Å². The summed E-state index contributed by atoms with van der Waals surface area (Å²) in [6.45, 7) is 5.59. The second kappa shape index (κ2) is 9.66. The zero-order valence-corrected chi connectivity index (χ0v) is 18.2. The molecule has 3 aromatic rings. The maximum Gasteiger partial charge on any atom is 0.134 e. The summed E-state index contributed by atoms with van der Waals surface area (Å²) in [7, 11) is 3.35. The van der Waals surface area contributed by atoms with Gasteiger partial charge >= 0.3 is 0 Å². The molecular formula is C24H27ClN2O2. The molecule has 1 aromatic heterocycles. The SMILES string of the molecule is CCc1cc(N(Cc2ccc(OC)cc2)Cc2ccc(OC)cc2)nc(Cl)c1C. The Kier molecular flexibility index (Phi) is 6.99. The van der Waals surface area contributed by atoms with Crippen LogP contribution in [0.15, 0.2) is 54.6 Å². The quantitative estimate of drug-likeness (QED) is 0.437. The highest BCUT2D eigenvalue weighted by Crippen LogP contribution is 2.27. The van der Waals surface area contributed by atoms with Crippen LogP contribution in [0.5, 0.6) is 11.5 Å². The first kappa shape index (κ1) is 21.0. The van der Waals surface area contributed by atoms with Crippen LogP contribution < -0.4 is 14.4 Å². The Balaban J connectivity index is 1.94. The molecule has 4 nitrogen and oxygen atoms in total. The molecule has 29 heavy (non-hydrogen) atoms. The van der Waals surface area contributed by atoms with Gasteiger partial charge in [0.05, 0.1) is 14.2 Å². The summed E-state index contributed by atoms with van der Waals surface area (Å²) in [5, 5.41) is 0.564. The number of aryl methyl sites for hydroxylation is 1. The minimum atomic E-state index is 0.564. The fourth-order valence-corrected chi connectivity index (χ4v) is 3.47. The molecule has 0 spiro atoms. The molecule has 0 amide bonds. The third kappa shape index (κ3) is 5.21. The molecule has 0 atom stereocenters. The Morgan fingerprint density at radius 3 is 1.76 bits per heavy atom. The van der Waals surface area contributed by atoms with Gasteiger partial charge in [-0.05, 0) is 65.9 Å². The average molecular weight is 411 g/mol. The van der Waals surface area contributed by atoms with Crippen molar-refractivity contribution in [3.05, 3.63) is 82.0 Å². The fraction of sp³-hybridized carbons (Fsp3) is 0.292. The van der Waals surface area contributed by atoms with Crippen molar-refractivity contribution < 1.29 is 9.47 Å². The number of nitrogens with zero attached hydrogens (tertiary/aromatic N) is 2. The molecule has 0 aliphatic heterocycles. The number of halogens is 1. The minimum Gasteiger partial charge on any atom is -0.497 e. The molecule has 0 fully saturated rings. The molecule has 2 aromatic carbocycles. The third-order valence-corrected chi connectivity index (χ3v) is 5.45. The van der Waals surface area contributed by atoms with E-state index in [9.17, 15) is 0 Å². The van der Waals surface area contributed by atoms with E-state index < -0.39 is 0 Å². The second-order valence-electron chi connectivity index (χ2n) is 6.96. The molecule has 3 rings (SSSR count). The van der Waals surface area contributed by atoms with Crippen molar-refractivity contribution in [3.8, 4) is 11.5 Å². The Morgan fingerprint density at radius 2 is 1.34 bits per heavy atom.